The largest absolute Gasteiger partial charge is 0.354 e. The zero-order valence-electron chi connectivity index (χ0n) is 13.6. The van der Waals surface area contributed by atoms with E-state index < -0.39 is 0 Å². The van der Waals surface area contributed by atoms with Gasteiger partial charge in [-0.1, -0.05) is 0 Å². The molecule has 7 nitrogen and oxygen atoms in total. The van der Waals surface area contributed by atoms with Crippen molar-refractivity contribution < 1.29 is 9.59 Å². The van der Waals surface area contributed by atoms with Gasteiger partial charge in [0.05, 0.1) is 11.8 Å². The molecule has 2 unspecified atom stereocenters. The SMILES string of the molecule is CC(C)NC(=O)C1CC1C(=O)N1CCN(c2ncccn2)CC1. The lowest BCUT2D eigenvalue weighted by atomic mass is 10.2. The Hall–Kier alpha value is -2.18. The number of aromatic nitrogens is 2. The number of carbonyl (C=O) groups excluding carboxylic acids is 2. The number of rotatable bonds is 4. The molecule has 0 spiro atoms. The molecule has 1 saturated carbocycles. The molecule has 1 N–H and O–H groups in total. The van der Waals surface area contributed by atoms with Gasteiger partial charge in [0.25, 0.3) is 0 Å². The highest BCUT2D eigenvalue weighted by molar-refractivity contribution is 5.92. The van der Waals surface area contributed by atoms with Crippen LogP contribution >= 0.6 is 0 Å². The Morgan fingerprint density at radius 1 is 1.13 bits per heavy atom. The number of anilines is 1. The summed E-state index contributed by atoms with van der Waals surface area (Å²) in [5, 5.41) is 2.89. The molecule has 2 atom stereocenters. The quantitative estimate of drug-likeness (QED) is 0.863. The number of nitrogens with one attached hydrogen (secondary N) is 1. The highest BCUT2D eigenvalue weighted by Gasteiger charge is 2.49. The van der Waals surface area contributed by atoms with E-state index in [1.807, 2.05) is 18.7 Å². The summed E-state index contributed by atoms with van der Waals surface area (Å²) in [5.41, 5.74) is 0. The third-order valence-electron chi connectivity index (χ3n) is 4.30. The second-order valence-electron chi connectivity index (χ2n) is 6.47. The Morgan fingerprint density at radius 3 is 2.39 bits per heavy atom. The number of amides is 2. The van der Waals surface area contributed by atoms with E-state index >= 15 is 0 Å². The first-order chi connectivity index (χ1) is 11.1. The summed E-state index contributed by atoms with van der Waals surface area (Å²) in [7, 11) is 0. The van der Waals surface area contributed by atoms with Crippen LogP contribution in [0.25, 0.3) is 0 Å². The lowest BCUT2D eigenvalue weighted by Gasteiger charge is -2.34. The second-order valence-corrected chi connectivity index (χ2v) is 6.47. The molecule has 124 valence electrons. The van der Waals surface area contributed by atoms with Gasteiger partial charge in [0.15, 0.2) is 0 Å². The number of nitrogens with zero attached hydrogens (tertiary/aromatic N) is 4. The molecule has 1 aromatic rings. The Morgan fingerprint density at radius 2 is 1.78 bits per heavy atom. The smallest absolute Gasteiger partial charge is 0.226 e. The Kier molecular flexibility index (Phi) is 4.45. The van der Waals surface area contributed by atoms with Gasteiger partial charge in [0.1, 0.15) is 0 Å². The fourth-order valence-corrected chi connectivity index (χ4v) is 2.97. The molecule has 7 heteroatoms. The molecular weight excluding hydrogens is 294 g/mol. The van der Waals surface area contributed by atoms with Crippen molar-refractivity contribution in [1.82, 2.24) is 20.2 Å². The minimum absolute atomic E-state index is 0.00896. The van der Waals surface area contributed by atoms with Crippen molar-refractivity contribution in [3.05, 3.63) is 18.5 Å². The Balaban J connectivity index is 1.49. The molecule has 2 amide bonds. The van der Waals surface area contributed by atoms with Gasteiger partial charge in [-0.15, -0.1) is 0 Å². The summed E-state index contributed by atoms with van der Waals surface area (Å²) >= 11 is 0. The summed E-state index contributed by atoms with van der Waals surface area (Å²) in [5.74, 6) is 0.561. The van der Waals surface area contributed by atoms with Gasteiger partial charge < -0.3 is 15.1 Å². The van der Waals surface area contributed by atoms with E-state index in [1.165, 1.54) is 0 Å². The predicted octanol–water partition coefficient (Wildman–Crippen LogP) is 0.286. The van der Waals surface area contributed by atoms with Crippen molar-refractivity contribution in [2.45, 2.75) is 26.3 Å². The summed E-state index contributed by atoms with van der Waals surface area (Å²) in [6, 6.07) is 1.91. The maximum Gasteiger partial charge on any atom is 0.226 e. The summed E-state index contributed by atoms with van der Waals surface area (Å²) in [4.78, 5) is 36.9. The number of carbonyl (C=O) groups is 2. The maximum absolute atomic E-state index is 12.5. The zero-order chi connectivity index (χ0) is 16.4. The lowest BCUT2D eigenvalue weighted by molar-refractivity contribution is -0.135. The van der Waals surface area contributed by atoms with E-state index in [0.29, 0.717) is 25.5 Å². The first-order valence-corrected chi connectivity index (χ1v) is 8.17. The van der Waals surface area contributed by atoms with Crippen LogP contribution in [0.2, 0.25) is 0 Å². The molecule has 0 aromatic carbocycles. The van der Waals surface area contributed by atoms with Crippen molar-refractivity contribution in [3.63, 3.8) is 0 Å². The first-order valence-electron chi connectivity index (χ1n) is 8.17. The Labute approximate surface area is 136 Å². The zero-order valence-corrected chi connectivity index (χ0v) is 13.6. The van der Waals surface area contributed by atoms with Crippen LogP contribution in [-0.4, -0.2) is 58.9 Å². The van der Waals surface area contributed by atoms with Gasteiger partial charge in [-0.05, 0) is 26.3 Å². The summed E-state index contributed by atoms with van der Waals surface area (Å²) in [6.07, 6.45) is 4.13. The maximum atomic E-state index is 12.5. The van der Waals surface area contributed by atoms with Crippen LogP contribution in [-0.2, 0) is 9.59 Å². The number of piperazine rings is 1. The minimum Gasteiger partial charge on any atom is -0.354 e. The third-order valence-corrected chi connectivity index (χ3v) is 4.30. The molecule has 1 aromatic heterocycles. The van der Waals surface area contributed by atoms with E-state index in [9.17, 15) is 9.59 Å². The van der Waals surface area contributed by atoms with Gasteiger partial charge in [-0.2, -0.15) is 0 Å². The van der Waals surface area contributed by atoms with E-state index in [-0.39, 0.29) is 29.7 Å². The van der Waals surface area contributed by atoms with Crippen molar-refractivity contribution in [2.75, 3.05) is 31.1 Å². The van der Waals surface area contributed by atoms with Crippen LogP contribution in [0.15, 0.2) is 18.5 Å². The molecule has 2 heterocycles. The van der Waals surface area contributed by atoms with Gasteiger partial charge in [0.2, 0.25) is 17.8 Å². The second kappa shape index (κ2) is 6.52. The first kappa shape index (κ1) is 15.7. The van der Waals surface area contributed by atoms with E-state index in [2.05, 4.69) is 20.2 Å². The van der Waals surface area contributed by atoms with Crippen LogP contribution in [0.3, 0.4) is 0 Å². The molecule has 2 fully saturated rings. The van der Waals surface area contributed by atoms with Gasteiger partial charge in [-0.3, -0.25) is 9.59 Å². The summed E-state index contributed by atoms with van der Waals surface area (Å²) in [6.45, 7) is 6.64. The molecule has 1 saturated heterocycles. The molecule has 3 rings (SSSR count). The highest BCUT2D eigenvalue weighted by atomic mass is 16.2. The van der Waals surface area contributed by atoms with Crippen LogP contribution < -0.4 is 10.2 Å². The standard InChI is InChI=1S/C16H23N5O2/c1-11(2)19-14(22)12-10-13(12)15(23)20-6-8-21(9-7-20)16-17-4-3-5-18-16/h3-5,11-13H,6-10H2,1-2H3,(H,19,22). The van der Waals surface area contributed by atoms with Crippen LogP contribution in [0.4, 0.5) is 5.95 Å². The molecule has 0 radical (unpaired) electrons. The third kappa shape index (κ3) is 3.60. The van der Waals surface area contributed by atoms with Crippen molar-refractivity contribution in [2.24, 2.45) is 11.8 Å². The molecular formula is C16H23N5O2. The Bertz CT molecular complexity index is 569. The average Bonchev–Trinajstić information content (AvgIpc) is 3.35. The van der Waals surface area contributed by atoms with Gasteiger partial charge >= 0.3 is 0 Å². The van der Waals surface area contributed by atoms with Crippen LogP contribution in [0.5, 0.6) is 0 Å². The van der Waals surface area contributed by atoms with Gasteiger partial charge in [-0.25, -0.2) is 9.97 Å². The number of hydrogen-bond acceptors (Lipinski definition) is 5. The predicted molar refractivity (Wildman–Crippen MR) is 85.7 cm³/mol. The van der Waals surface area contributed by atoms with Gasteiger partial charge in [0, 0.05) is 44.6 Å². The molecule has 1 aliphatic heterocycles. The van der Waals surface area contributed by atoms with E-state index in [1.54, 1.807) is 18.5 Å². The van der Waals surface area contributed by atoms with E-state index in [4.69, 9.17) is 0 Å². The fourth-order valence-electron chi connectivity index (χ4n) is 2.97. The van der Waals surface area contributed by atoms with Crippen LogP contribution in [0.1, 0.15) is 20.3 Å². The molecule has 1 aliphatic carbocycles. The molecule has 23 heavy (non-hydrogen) atoms. The fraction of sp³-hybridized carbons (Fsp3) is 0.625. The minimum atomic E-state index is -0.139. The van der Waals surface area contributed by atoms with Crippen molar-refractivity contribution in [1.29, 1.82) is 0 Å². The lowest BCUT2D eigenvalue weighted by Crippen LogP contribution is -2.50. The van der Waals surface area contributed by atoms with E-state index in [0.717, 1.165) is 13.1 Å². The van der Waals surface area contributed by atoms with Crippen LogP contribution in [0, 0.1) is 11.8 Å². The highest BCUT2D eigenvalue weighted by Crippen LogP contribution is 2.40. The summed E-state index contributed by atoms with van der Waals surface area (Å²) < 4.78 is 0. The monoisotopic (exact) mass is 317 g/mol. The topological polar surface area (TPSA) is 78.4 Å². The van der Waals surface area contributed by atoms with Crippen molar-refractivity contribution in [3.8, 4) is 0 Å². The van der Waals surface area contributed by atoms with Crippen molar-refractivity contribution >= 4 is 17.8 Å². The number of hydrogen-bond donors (Lipinski definition) is 1. The average molecular weight is 317 g/mol. The normalized spacial score (nSPS) is 23.8. The molecule has 0 bridgehead atoms. The molecule has 2 aliphatic rings.